The number of hydrogen-bond acceptors (Lipinski definition) is 4. The topological polar surface area (TPSA) is 20.1 Å². The molecule has 0 aromatic heterocycles. The summed E-state index contributed by atoms with van der Waals surface area (Å²) in [6.07, 6.45) is 0. The van der Waals surface area contributed by atoms with E-state index in [0.29, 0.717) is 5.69 Å². The molecular weight excluding hydrogens is 545 g/mol. The second kappa shape index (κ2) is 8.35. The molecule has 0 aliphatic carbocycles. The van der Waals surface area contributed by atoms with Crippen molar-refractivity contribution in [3.05, 3.63) is 133 Å². The summed E-state index contributed by atoms with van der Waals surface area (Å²) in [7, 11) is 0. The molecule has 10 rings (SSSR count). The maximum Gasteiger partial charge on any atom is 0.252 e. The van der Waals surface area contributed by atoms with Crippen LogP contribution in [-0.4, -0.2) is 6.71 Å². The van der Waals surface area contributed by atoms with Gasteiger partial charge in [0.2, 0.25) is 0 Å². The van der Waals surface area contributed by atoms with Gasteiger partial charge in [-0.1, -0.05) is 84.6 Å². The van der Waals surface area contributed by atoms with Crippen LogP contribution < -0.4 is 30.9 Å². The maximum atomic E-state index is 7.96. The van der Waals surface area contributed by atoms with E-state index in [4.69, 9.17) is 11.3 Å². The van der Waals surface area contributed by atoms with Gasteiger partial charge in [0.1, 0.15) is 0 Å². The summed E-state index contributed by atoms with van der Waals surface area (Å²) in [6.45, 7) is 8.00. The normalized spacial score (nSPS) is 14.0. The second-order valence-corrected chi connectivity index (χ2v) is 12.3. The van der Waals surface area contributed by atoms with Crippen molar-refractivity contribution in [1.82, 2.24) is 0 Å². The van der Waals surface area contributed by atoms with Crippen molar-refractivity contribution in [1.29, 1.82) is 0 Å². The van der Waals surface area contributed by atoms with Gasteiger partial charge in [-0.25, -0.2) is 4.85 Å². The molecule has 0 radical (unpaired) electrons. The number of benzene rings is 6. The minimum Gasteiger partial charge on any atom is -0.453 e. The molecule has 0 spiro atoms. The Morgan fingerprint density at radius 2 is 1.26 bits per heavy atom. The standard InChI is InChI=1S/C37H20BN3OS/c1-39-26-13-3-2-10-23(26)22-20-29-35-30(21-22)41-28-15-5-7-18-33(28)43-34-19-9-12-25(37(34)41)38(35)24-11-8-17-32-36(24)40(29)27-14-4-6-16-31(27)42-32/h2-21H. The fourth-order valence-electron chi connectivity index (χ4n) is 7.36. The monoisotopic (exact) mass is 565 g/mol. The summed E-state index contributed by atoms with van der Waals surface area (Å²) in [5.41, 5.74) is 13.3. The largest absolute Gasteiger partial charge is 0.453 e. The van der Waals surface area contributed by atoms with Crippen LogP contribution in [0.25, 0.3) is 16.0 Å². The molecule has 4 heterocycles. The second-order valence-electron chi connectivity index (χ2n) is 11.2. The van der Waals surface area contributed by atoms with E-state index >= 15 is 0 Å². The number of hydrogen-bond donors (Lipinski definition) is 0. The van der Waals surface area contributed by atoms with E-state index in [2.05, 4.69) is 106 Å². The molecule has 4 nitrogen and oxygen atoms in total. The lowest BCUT2D eigenvalue weighted by molar-refractivity contribution is 0.477. The molecule has 0 bridgehead atoms. The molecule has 43 heavy (non-hydrogen) atoms. The third kappa shape index (κ3) is 2.97. The minimum atomic E-state index is 0.0345. The SMILES string of the molecule is [C-]#[N+]c1ccccc1-c1cc2c3c(c1)N1c4ccccc4Sc4cccc(c41)B3c1cccc3c1N2c1ccccc1O3. The molecule has 0 atom stereocenters. The molecule has 0 fully saturated rings. The van der Waals surface area contributed by atoms with Crippen LogP contribution in [0, 0.1) is 6.57 Å². The molecule has 4 aliphatic heterocycles. The van der Waals surface area contributed by atoms with Gasteiger partial charge in [0.25, 0.3) is 6.71 Å². The zero-order valence-corrected chi connectivity index (χ0v) is 23.6. The van der Waals surface area contributed by atoms with Crippen molar-refractivity contribution < 1.29 is 4.74 Å². The first-order valence-electron chi connectivity index (χ1n) is 14.3. The van der Waals surface area contributed by atoms with Crippen LogP contribution in [0.15, 0.2) is 131 Å². The van der Waals surface area contributed by atoms with Crippen LogP contribution in [0.2, 0.25) is 0 Å². The average Bonchev–Trinajstić information content (AvgIpc) is 3.06. The fraction of sp³-hybridized carbons (Fsp3) is 0. The van der Waals surface area contributed by atoms with E-state index in [1.165, 1.54) is 37.6 Å². The summed E-state index contributed by atoms with van der Waals surface area (Å²) >= 11 is 1.84. The van der Waals surface area contributed by atoms with Crippen molar-refractivity contribution in [3.8, 4) is 22.6 Å². The van der Waals surface area contributed by atoms with Crippen molar-refractivity contribution >= 4 is 74.7 Å². The lowest BCUT2D eigenvalue weighted by Crippen LogP contribution is -2.62. The highest BCUT2D eigenvalue weighted by Crippen LogP contribution is 2.56. The van der Waals surface area contributed by atoms with Crippen LogP contribution in [0.4, 0.5) is 39.8 Å². The lowest BCUT2D eigenvalue weighted by atomic mass is 9.33. The Bertz CT molecular complexity index is 2130. The summed E-state index contributed by atoms with van der Waals surface area (Å²) in [5, 5.41) is 0. The average molecular weight is 565 g/mol. The Kier molecular flexibility index (Phi) is 4.51. The molecule has 6 heteroatoms. The molecule has 0 unspecified atom stereocenters. The van der Waals surface area contributed by atoms with E-state index < -0.39 is 0 Å². The molecule has 198 valence electrons. The van der Waals surface area contributed by atoms with Gasteiger partial charge in [0.05, 0.1) is 29.3 Å². The van der Waals surface area contributed by atoms with E-state index in [0.717, 1.165) is 45.4 Å². The number of nitrogens with zero attached hydrogens (tertiary/aromatic N) is 3. The zero-order chi connectivity index (χ0) is 28.2. The third-order valence-corrected chi connectivity index (χ3v) is 10.1. The first-order chi connectivity index (χ1) is 21.3. The van der Waals surface area contributed by atoms with Crippen LogP contribution in [0.5, 0.6) is 11.5 Å². The fourth-order valence-corrected chi connectivity index (χ4v) is 8.46. The summed E-state index contributed by atoms with van der Waals surface area (Å²) < 4.78 is 6.55. The van der Waals surface area contributed by atoms with Gasteiger partial charge in [-0.3, -0.25) is 0 Å². The Labute approximate surface area is 253 Å². The Hall–Kier alpha value is -5.38. The Morgan fingerprint density at radius 3 is 2.12 bits per heavy atom. The van der Waals surface area contributed by atoms with Gasteiger partial charge in [-0.15, -0.1) is 0 Å². The van der Waals surface area contributed by atoms with Gasteiger partial charge < -0.3 is 14.5 Å². The molecule has 6 aromatic rings. The number of rotatable bonds is 1. The maximum absolute atomic E-state index is 7.96. The van der Waals surface area contributed by atoms with Crippen LogP contribution in [0.1, 0.15) is 0 Å². The highest BCUT2D eigenvalue weighted by Gasteiger charge is 2.47. The quantitative estimate of drug-likeness (QED) is 0.147. The number of fused-ring (bicyclic) bond motifs is 8. The summed E-state index contributed by atoms with van der Waals surface area (Å²) in [4.78, 5) is 11.3. The molecule has 4 aliphatic rings. The van der Waals surface area contributed by atoms with Gasteiger partial charge in [0.15, 0.2) is 17.2 Å². The molecular formula is C37H20BN3OS. The summed E-state index contributed by atoms with van der Waals surface area (Å²) in [6, 6.07) is 42.7. The van der Waals surface area contributed by atoms with E-state index in [9.17, 15) is 0 Å². The van der Waals surface area contributed by atoms with Gasteiger partial charge >= 0.3 is 0 Å². The number of ether oxygens (including phenoxy) is 1. The molecule has 6 aromatic carbocycles. The first-order valence-corrected chi connectivity index (χ1v) is 15.2. The van der Waals surface area contributed by atoms with Crippen LogP contribution in [-0.2, 0) is 0 Å². The Balaban J connectivity index is 1.38. The van der Waals surface area contributed by atoms with Crippen LogP contribution in [0.3, 0.4) is 0 Å². The van der Waals surface area contributed by atoms with E-state index in [-0.39, 0.29) is 6.71 Å². The third-order valence-electron chi connectivity index (χ3n) is 9.02. The van der Waals surface area contributed by atoms with Gasteiger partial charge in [0, 0.05) is 21.2 Å². The molecule has 0 saturated heterocycles. The number of para-hydroxylation sites is 6. The van der Waals surface area contributed by atoms with Crippen LogP contribution >= 0.6 is 11.8 Å². The predicted molar refractivity (Wildman–Crippen MR) is 176 cm³/mol. The van der Waals surface area contributed by atoms with Gasteiger partial charge in [-0.2, -0.15) is 0 Å². The molecule has 0 amide bonds. The smallest absolute Gasteiger partial charge is 0.252 e. The van der Waals surface area contributed by atoms with Gasteiger partial charge in [-0.05, 0) is 76.0 Å². The lowest BCUT2D eigenvalue weighted by Gasteiger charge is -2.47. The van der Waals surface area contributed by atoms with E-state index in [1.807, 2.05) is 42.1 Å². The number of anilines is 6. The Morgan fingerprint density at radius 1 is 0.605 bits per heavy atom. The first kappa shape index (κ1) is 23.2. The summed E-state index contributed by atoms with van der Waals surface area (Å²) in [5.74, 6) is 1.70. The molecule has 0 saturated carbocycles. The van der Waals surface area contributed by atoms with Crippen molar-refractivity contribution in [2.45, 2.75) is 9.79 Å². The van der Waals surface area contributed by atoms with Crippen molar-refractivity contribution in [3.63, 3.8) is 0 Å². The van der Waals surface area contributed by atoms with E-state index in [1.54, 1.807) is 0 Å². The highest BCUT2D eigenvalue weighted by molar-refractivity contribution is 7.99. The highest BCUT2D eigenvalue weighted by atomic mass is 32.2. The predicted octanol–water partition coefficient (Wildman–Crippen LogP) is 8.56. The van der Waals surface area contributed by atoms with Crippen molar-refractivity contribution in [2.24, 2.45) is 0 Å². The molecule has 0 N–H and O–H groups in total. The zero-order valence-electron chi connectivity index (χ0n) is 22.8. The van der Waals surface area contributed by atoms with Crippen molar-refractivity contribution in [2.75, 3.05) is 9.80 Å². The minimum absolute atomic E-state index is 0.0345.